The van der Waals surface area contributed by atoms with Gasteiger partial charge in [-0.25, -0.2) is 9.78 Å². The number of para-hydroxylation sites is 1. The zero-order chi connectivity index (χ0) is 17.8. The van der Waals surface area contributed by atoms with Gasteiger partial charge in [-0.3, -0.25) is 9.36 Å². The number of carbonyl (C=O) groups is 1. The van der Waals surface area contributed by atoms with E-state index in [0.717, 1.165) is 0 Å². The van der Waals surface area contributed by atoms with Crippen LogP contribution in [-0.2, 0) is 17.0 Å². The molecule has 0 bridgehead atoms. The van der Waals surface area contributed by atoms with E-state index in [1.54, 1.807) is 34.9 Å². The first-order chi connectivity index (χ1) is 12.1. The van der Waals surface area contributed by atoms with Crippen molar-refractivity contribution < 1.29 is 13.9 Å². The average Bonchev–Trinajstić information content (AvgIpc) is 3.11. The summed E-state index contributed by atoms with van der Waals surface area (Å²) in [4.78, 5) is 28.7. The number of hydrogen-bond donors (Lipinski definition) is 0. The highest BCUT2D eigenvalue weighted by Gasteiger charge is 2.14. The maximum Gasteiger partial charge on any atom is 0.373 e. The number of carbonyl (C=O) groups excluding carboxylic acids is 1. The lowest BCUT2D eigenvalue weighted by atomic mass is 10.2. The average molecular weight is 356 g/mol. The summed E-state index contributed by atoms with van der Waals surface area (Å²) < 4.78 is 11.6. The van der Waals surface area contributed by atoms with E-state index in [0.29, 0.717) is 34.1 Å². The van der Waals surface area contributed by atoms with Crippen LogP contribution in [0.1, 0.15) is 16.3 Å². The molecule has 0 N–H and O–H groups in total. The number of benzene rings is 1. The molecule has 0 saturated carbocycles. The van der Waals surface area contributed by atoms with Gasteiger partial charge in [0, 0.05) is 6.54 Å². The van der Waals surface area contributed by atoms with E-state index in [-0.39, 0.29) is 11.3 Å². The quantitative estimate of drug-likeness (QED) is 0.292. The standard InChI is InChI=1S/C18H16N2O4S/c1-3-10-20-16(21)13-6-4-5-7-14(13)19-18(20)25-11-12-8-9-15(24-12)17(22)23-2/h3-9H,1,10-11H2,2H3. The largest absolute Gasteiger partial charge is 0.463 e. The summed E-state index contributed by atoms with van der Waals surface area (Å²) >= 11 is 1.36. The fourth-order valence-corrected chi connectivity index (χ4v) is 3.25. The number of methoxy groups -OCH3 is 1. The predicted octanol–water partition coefficient (Wildman–Crippen LogP) is 3.25. The summed E-state index contributed by atoms with van der Waals surface area (Å²) in [6, 6.07) is 10.5. The van der Waals surface area contributed by atoms with Gasteiger partial charge >= 0.3 is 5.97 Å². The number of fused-ring (bicyclic) bond motifs is 1. The van der Waals surface area contributed by atoms with Gasteiger partial charge in [0.15, 0.2) is 5.16 Å². The van der Waals surface area contributed by atoms with Gasteiger partial charge < -0.3 is 9.15 Å². The number of hydrogen-bond acceptors (Lipinski definition) is 6. The molecule has 3 aromatic rings. The van der Waals surface area contributed by atoms with Gasteiger partial charge in [-0.05, 0) is 24.3 Å². The van der Waals surface area contributed by atoms with Crippen molar-refractivity contribution in [2.75, 3.05) is 7.11 Å². The van der Waals surface area contributed by atoms with Crippen LogP contribution in [0.2, 0.25) is 0 Å². The highest BCUT2D eigenvalue weighted by Crippen LogP contribution is 2.23. The molecule has 0 spiro atoms. The summed E-state index contributed by atoms with van der Waals surface area (Å²) in [6.45, 7) is 4.07. The second kappa shape index (κ2) is 7.40. The second-order valence-electron chi connectivity index (χ2n) is 5.16. The van der Waals surface area contributed by atoms with E-state index >= 15 is 0 Å². The van der Waals surface area contributed by atoms with Crippen molar-refractivity contribution >= 4 is 28.6 Å². The SMILES string of the molecule is C=CCn1c(SCc2ccc(C(=O)OC)o2)nc2ccccc2c1=O. The van der Waals surface area contributed by atoms with Crippen LogP contribution in [0, 0.1) is 0 Å². The fourth-order valence-electron chi connectivity index (χ4n) is 2.35. The highest BCUT2D eigenvalue weighted by molar-refractivity contribution is 7.98. The molecular formula is C18H16N2O4S. The number of esters is 1. The number of nitrogens with zero attached hydrogens (tertiary/aromatic N) is 2. The molecule has 0 fully saturated rings. The Balaban J connectivity index is 1.91. The zero-order valence-electron chi connectivity index (χ0n) is 13.6. The van der Waals surface area contributed by atoms with E-state index in [9.17, 15) is 9.59 Å². The fraction of sp³-hybridized carbons (Fsp3) is 0.167. The first-order valence-corrected chi connectivity index (χ1v) is 8.53. The summed E-state index contributed by atoms with van der Waals surface area (Å²) in [5, 5.41) is 1.14. The molecule has 7 heteroatoms. The molecule has 3 rings (SSSR count). The zero-order valence-corrected chi connectivity index (χ0v) is 14.4. The Morgan fingerprint density at radius 2 is 2.16 bits per heavy atom. The van der Waals surface area contributed by atoms with Gasteiger partial charge in [-0.15, -0.1) is 6.58 Å². The van der Waals surface area contributed by atoms with E-state index in [2.05, 4.69) is 16.3 Å². The maximum atomic E-state index is 12.7. The molecule has 0 aliphatic carbocycles. The molecule has 25 heavy (non-hydrogen) atoms. The normalized spacial score (nSPS) is 10.8. The Kier molecular flexibility index (Phi) is 5.04. The third-order valence-electron chi connectivity index (χ3n) is 3.53. The van der Waals surface area contributed by atoms with E-state index in [1.807, 2.05) is 12.1 Å². The van der Waals surface area contributed by atoms with Gasteiger partial charge in [0.1, 0.15) is 5.76 Å². The van der Waals surface area contributed by atoms with E-state index in [4.69, 9.17) is 4.42 Å². The topological polar surface area (TPSA) is 74.3 Å². The third kappa shape index (κ3) is 3.51. The van der Waals surface area contributed by atoms with Crippen LogP contribution in [0.4, 0.5) is 0 Å². The molecule has 0 atom stereocenters. The van der Waals surface area contributed by atoms with E-state index in [1.165, 1.54) is 18.9 Å². The molecule has 0 unspecified atom stereocenters. The highest BCUT2D eigenvalue weighted by atomic mass is 32.2. The molecule has 1 aromatic carbocycles. The number of allylic oxidation sites excluding steroid dienone is 1. The lowest BCUT2D eigenvalue weighted by Gasteiger charge is -2.10. The Morgan fingerprint density at radius 3 is 2.92 bits per heavy atom. The number of thioether (sulfide) groups is 1. The summed E-state index contributed by atoms with van der Waals surface area (Å²) in [6.07, 6.45) is 1.66. The monoisotopic (exact) mass is 356 g/mol. The van der Waals surface area contributed by atoms with Gasteiger partial charge in [-0.2, -0.15) is 0 Å². The lowest BCUT2D eigenvalue weighted by Crippen LogP contribution is -2.22. The molecule has 2 aromatic heterocycles. The molecule has 6 nitrogen and oxygen atoms in total. The minimum absolute atomic E-state index is 0.109. The van der Waals surface area contributed by atoms with Crippen molar-refractivity contribution in [1.29, 1.82) is 0 Å². The van der Waals surface area contributed by atoms with Crippen molar-refractivity contribution in [3.63, 3.8) is 0 Å². The van der Waals surface area contributed by atoms with Crippen molar-refractivity contribution in [3.05, 3.63) is 70.9 Å². The van der Waals surface area contributed by atoms with Crippen LogP contribution < -0.4 is 5.56 Å². The molecule has 0 amide bonds. The molecule has 0 saturated heterocycles. The Bertz CT molecular complexity index is 990. The number of rotatable bonds is 6. The minimum Gasteiger partial charge on any atom is -0.463 e. The Morgan fingerprint density at radius 1 is 1.36 bits per heavy atom. The van der Waals surface area contributed by atoms with Gasteiger partial charge in [0.25, 0.3) is 5.56 Å². The number of furan rings is 1. The maximum absolute atomic E-state index is 12.7. The molecule has 0 radical (unpaired) electrons. The van der Waals surface area contributed by atoms with Crippen molar-refractivity contribution in [1.82, 2.24) is 9.55 Å². The van der Waals surface area contributed by atoms with Gasteiger partial charge in [-0.1, -0.05) is 30.0 Å². The first-order valence-electron chi connectivity index (χ1n) is 7.54. The van der Waals surface area contributed by atoms with E-state index < -0.39 is 5.97 Å². The minimum atomic E-state index is -0.524. The van der Waals surface area contributed by atoms with Crippen molar-refractivity contribution in [2.45, 2.75) is 17.5 Å². The Hall–Kier alpha value is -2.80. The third-order valence-corrected chi connectivity index (χ3v) is 4.53. The molecule has 128 valence electrons. The van der Waals surface area contributed by atoms with Crippen molar-refractivity contribution in [2.24, 2.45) is 0 Å². The first kappa shape index (κ1) is 17.0. The van der Waals surface area contributed by atoms with Crippen molar-refractivity contribution in [3.8, 4) is 0 Å². The second-order valence-corrected chi connectivity index (χ2v) is 6.10. The summed E-state index contributed by atoms with van der Waals surface area (Å²) in [5.41, 5.74) is 0.535. The van der Waals surface area contributed by atoms with Gasteiger partial charge in [0.05, 0.1) is 23.8 Å². The summed E-state index contributed by atoms with van der Waals surface area (Å²) in [5.74, 6) is 0.647. The lowest BCUT2D eigenvalue weighted by molar-refractivity contribution is 0.0563. The molecule has 0 aliphatic heterocycles. The van der Waals surface area contributed by atoms with Crippen LogP contribution in [0.15, 0.2) is 63.4 Å². The molecule has 0 aliphatic rings. The Labute approximate surface area is 148 Å². The molecule has 2 heterocycles. The van der Waals surface area contributed by atoms with Gasteiger partial charge in [0.2, 0.25) is 5.76 Å². The van der Waals surface area contributed by atoms with Crippen LogP contribution in [0.5, 0.6) is 0 Å². The summed E-state index contributed by atoms with van der Waals surface area (Å²) in [7, 11) is 1.30. The number of aromatic nitrogens is 2. The smallest absolute Gasteiger partial charge is 0.373 e. The van der Waals surface area contributed by atoms with Crippen LogP contribution >= 0.6 is 11.8 Å². The van der Waals surface area contributed by atoms with Crippen LogP contribution in [0.25, 0.3) is 10.9 Å². The number of ether oxygens (including phenoxy) is 1. The predicted molar refractivity (Wildman–Crippen MR) is 95.8 cm³/mol. The molecular weight excluding hydrogens is 340 g/mol. The van der Waals surface area contributed by atoms with Crippen LogP contribution in [-0.4, -0.2) is 22.6 Å². The van der Waals surface area contributed by atoms with Crippen LogP contribution in [0.3, 0.4) is 0 Å².